The minimum atomic E-state index is 0.225. The second-order valence-electron chi connectivity index (χ2n) is 7.78. The van der Waals surface area contributed by atoms with Gasteiger partial charge in [-0.3, -0.25) is 0 Å². The molecule has 3 fully saturated rings. The first-order chi connectivity index (χ1) is 7.94. The van der Waals surface area contributed by atoms with Gasteiger partial charge in [-0.05, 0) is 68.1 Å². The number of fused-ring (bicyclic) bond motifs is 3. The fourth-order valence-corrected chi connectivity index (χ4v) is 5.29. The lowest BCUT2D eigenvalue weighted by Crippen LogP contribution is -2.52. The van der Waals surface area contributed by atoms with Crippen LogP contribution in [0.3, 0.4) is 0 Å². The van der Waals surface area contributed by atoms with Crippen LogP contribution in [-0.2, 0) is 4.74 Å². The van der Waals surface area contributed by atoms with Crippen LogP contribution in [0.5, 0.6) is 0 Å². The summed E-state index contributed by atoms with van der Waals surface area (Å²) in [5.41, 5.74) is 0.796. The number of ether oxygens (including phenoxy) is 1. The summed E-state index contributed by atoms with van der Waals surface area (Å²) in [6.45, 7) is 10.9. The van der Waals surface area contributed by atoms with Crippen LogP contribution in [0.25, 0.3) is 0 Å². The smallest absolute Gasteiger partial charge is 0.0686 e. The van der Waals surface area contributed by atoms with E-state index in [1.54, 1.807) is 0 Å². The van der Waals surface area contributed by atoms with Gasteiger partial charge in [-0.2, -0.15) is 0 Å². The summed E-state index contributed by atoms with van der Waals surface area (Å²) in [7, 11) is 0. The van der Waals surface area contributed by atoms with Crippen LogP contribution in [0.4, 0.5) is 0 Å². The molecule has 0 aromatic carbocycles. The molecule has 0 radical (unpaired) electrons. The number of hydrogen-bond acceptors (Lipinski definition) is 1. The number of hydrogen-bond donors (Lipinski definition) is 0. The molecule has 1 nitrogen and oxygen atoms in total. The predicted molar refractivity (Wildman–Crippen MR) is 70.9 cm³/mol. The second kappa shape index (κ2) is 3.73. The molecule has 0 aromatic rings. The first-order valence-electron chi connectivity index (χ1n) is 7.58. The molecule has 1 heterocycles. The maximum atomic E-state index is 6.11. The normalized spacial score (nSPS) is 52.9. The maximum absolute atomic E-state index is 6.11. The molecule has 17 heavy (non-hydrogen) atoms. The minimum absolute atomic E-state index is 0.225. The van der Waals surface area contributed by atoms with E-state index >= 15 is 0 Å². The van der Waals surface area contributed by atoms with Gasteiger partial charge in [0.25, 0.3) is 0 Å². The van der Waals surface area contributed by atoms with Crippen molar-refractivity contribution in [1.29, 1.82) is 0 Å². The molecule has 0 amide bonds. The van der Waals surface area contributed by atoms with E-state index in [9.17, 15) is 0 Å². The summed E-state index contributed by atoms with van der Waals surface area (Å²) in [6.07, 6.45) is 6.88. The lowest BCUT2D eigenvalue weighted by atomic mass is 9.50. The van der Waals surface area contributed by atoms with Crippen molar-refractivity contribution in [3.05, 3.63) is 0 Å². The zero-order valence-electron chi connectivity index (χ0n) is 12.0. The predicted octanol–water partition coefficient (Wildman–Crippen LogP) is 4.26. The molecule has 1 saturated heterocycles. The van der Waals surface area contributed by atoms with Gasteiger partial charge in [0.15, 0.2) is 0 Å². The Balaban J connectivity index is 1.93. The van der Waals surface area contributed by atoms with Crippen molar-refractivity contribution >= 4 is 0 Å². The molecule has 2 aliphatic carbocycles. The summed E-state index contributed by atoms with van der Waals surface area (Å²) in [5.74, 6) is 3.64. The van der Waals surface area contributed by atoms with Crippen LogP contribution in [0.1, 0.15) is 59.8 Å². The van der Waals surface area contributed by atoms with Crippen LogP contribution in [-0.4, -0.2) is 12.2 Å². The molecular weight excluding hydrogens is 208 g/mol. The Morgan fingerprint density at radius 3 is 2.47 bits per heavy atom. The molecule has 98 valence electrons. The van der Waals surface area contributed by atoms with Crippen LogP contribution >= 0.6 is 0 Å². The molecule has 0 aromatic heterocycles. The van der Waals surface area contributed by atoms with Gasteiger partial charge in [0, 0.05) is 6.61 Å². The molecule has 2 saturated carbocycles. The summed E-state index contributed by atoms with van der Waals surface area (Å²) in [5, 5.41) is 0. The topological polar surface area (TPSA) is 9.23 Å². The molecule has 3 rings (SSSR count). The molecular formula is C16H28O. The highest BCUT2D eigenvalue weighted by Crippen LogP contribution is 2.59. The van der Waals surface area contributed by atoms with E-state index in [-0.39, 0.29) is 5.60 Å². The maximum Gasteiger partial charge on any atom is 0.0686 e. The van der Waals surface area contributed by atoms with Crippen molar-refractivity contribution in [3.63, 3.8) is 0 Å². The zero-order chi connectivity index (χ0) is 12.3. The van der Waals surface area contributed by atoms with Crippen LogP contribution in [0.2, 0.25) is 0 Å². The molecule has 1 heteroatoms. The average molecular weight is 236 g/mol. The van der Waals surface area contributed by atoms with E-state index in [0.29, 0.717) is 5.41 Å². The monoisotopic (exact) mass is 236 g/mol. The molecule has 5 atom stereocenters. The molecule has 2 unspecified atom stereocenters. The van der Waals surface area contributed by atoms with Crippen molar-refractivity contribution in [2.45, 2.75) is 65.4 Å². The Morgan fingerprint density at radius 2 is 1.71 bits per heavy atom. The highest BCUT2D eigenvalue weighted by Gasteiger charge is 2.56. The van der Waals surface area contributed by atoms with Crippen LogP contribution in [0.15, 0.2) is 0 Å². The molecule has 0 N–H and O–H groups in total. The van der Waals surface area contributed by atoms with Gasteiger partial charge in [-0.1, -0.05) is 20.8 Å². The third-order valence-electron chi connectivity index (χ3n) is 6.43. The van der Waals surface area contributed by atoms with Gasteiger partial charge in [-0.15, -0.1) is 0 Å². The first kappa shape index (κ1) is 12.0. The van der Waals surface area contributed by atoms with E-state index in [4.69, 9.17) is 4.74 Å². The lowest BCUT2D eigenvalue weighted by Gasteiger charge is -2.56. The lowest BCUT2D eigenvalue weighted by molar-refractivity contribution is -0.117. The largest absolute Gasteiger partial charge is 0.375 e. The average Bonchev–Trinajstić information content (AvgIpc) is 2.65. The summed E-state index contributed by atoms with van der Waals surface area (Å²) < 4.78 is 6.11. The highest BCUT2D eigenvalue weighted by atomic mass is 16.5. The highest BCUT2D eigenvalue weighted by molar-refractivity contribution is 5.05. The van der Waals surface area contributed by atoms with Crippen molar-refractivity contribution in [2.24, 2.45) is 29.1 Å². The SMILES string of the molecule is C[C@@H]1CCC(C)(C)[C@@H]2CC[C@@]3(C)OCCC3C12. The van der Waals surface area contributed by atoms with Crippen LogP contribution in [0, 0.1) is 29.1 Å². The fraction of sp³-hybridized carbons (Fsp3) is 1.00. The minimum Gasteiger partial charge on any atom is -0.375 e. The fourth-order valence-electron chi connectivity index (χ4n) is 5.29. The molecule has 0 spiro atoms. The summed E-state index contributed by atoms with van der Waals surface area (Å²) >= 11 is 0. The Bertz CT molecular complexity index is 307. The Kier molecular flexibility index (Phi) is 2.63. The first-order valence-corrected chi connectivity index (χ1v) is 7.58. The Hall–Kier alpha value is -0.0400. The summed E-state index contributed by atoms with van der Waals surface area (Å²) in [4.78, 5) is 0. The zero-order valence-corrected chi connectivity index (χ0v) is 12.0. The van der Waals surface area contributed by atoms with Gasteiger partial charge in [0.1, 0.15) is 0 Å². The number of rotatable bonds is 0. The third-order valence-corrected chi connectivity index (χ3v) is 6.43. The van der Waals surface area contributed by atoms with Crippen molar-refractivity contribution < 1.29 is 4.74 Å². The van der Waals surface area contributed by atoms with Gasteiger partial charge < -0.3 is 4.74 Å². The van der Waals surface area contributed by atoms with Crippen molar-refractivity contribution in [3.8, 4) is 0 Å². The van der Waals surface area contributed by atoms with Crippen molar-refractivity contribution in [1.82, 2.24) is 0 Å². The van der Waals surface area contributed by atoms with Gasteiger partial charge >= 0.3 is 0 Å². The summed E-state index contributed by atoms with van der Waals surface area (Å²) in [6, 6.07) is 0. The third kappa shape index (κ3) is 1.69. The van der Waals surface area contributed by atoms with Crippen LogP contribution < -0.4 is 0 Å². The van der Waals surface area contributed by atoms with Gasteiger partial charge in [0.05, 0.1) is 5.60 Å². The molecule has 1 aliphatic heterocycles. The molecule has 3 aliphatic rings. The van der Waals surface area contributed by atoms with Gasteiger partial charge in [-0.25, -0.2) is 0 Å². The van der Waals surface area contributed by atoms with E-state index in [0.717, 1.165) is 30.3 Å². The quantitative estimate of drug-likeness (QED) is 0.610. The Labute approximate surface area is 106 Å². The Morgan fingerprint density at radius 1 is 0.941 bits per heavy atom. The van der Waals surface area contributed by atoms with E-state index in [1.807, 2.05) is 0 Å². The van der Waals surface area contributed by atoms with Gasteiger partial charge in [0.2, 0.25) is 0 Å². The van der Waals surface area contributed by atoms with E-state index in [1.165, 1.54) is 32.1 Å². The molecule has 0 bridgehead atoms. The van der Waals surface area contributed by atoms with E-state index < -0.39 is 0 Å². The second-order valence-corrected chi connectivity index (χ2v) is 7.78. The standard InChI is InChI=1S/C16H28O/c1-11-5-8-15(2,3)12-6-9-16(4)13(14(11)12)7-10-17-16/h11-14H,5-10H2,1-4H3/t11-,12-,13?,14?,16-/m1/s1. The van der Waals surface area contributed by atoms with E-state index in [2.05, 4.69) is 27.7 Å². The van der Waals surface area contributed by atoms with Crippen molar-refractivity contribution in [2.75, 3.05) is 6.61 Å².